The Hall–Kier alpha value is 0.110. The maximum absolute atomic E-state index is 12.3. The minimum atomic E-state index is -0.628. The lowest BCUT2D eigenvalue weighted by Gasteiger charge is -2.43. The van der Waals surface area contributed by atoms with Crippen molar-refractivity contribution in [1.29, 1.82) is 0 Å². The molecule has 4 atom stereocenters. The Balaban J connectivity index is 2.23. The molecule has 15 heavy (non-hydrogen) atoms. The average molecular weight is 229 g/mol. The van der Waals surface area contributed by atoms with Gasteiger partial charge in [0.25, 0.3) is 0 Å². The van der Waals surface area contributed by atoms with E-state index in [1.807, 2.05) is 0 Å². The first kappa shape index (κ1) is 11.6. The molecule has 0 amide bonds. The molecule has 0 spiro atoms. The average Bonchev–Trinajstić information content (AvgIpc) is 2.30. The monoisotopic (exact) mass is 229 g/mol. The number of nitrogens with one attached hydrogen (secondary N) is 1. The summed E-state index contributed by atoms with van der Waals surface area (Å²) in [4.78, 5) is 0. The van der Waals surface area contributed by atoms with E-state index in [9.17, 15) is 4.21 Å². The highest BCUT2D eigenvalue weighted by atomic mass is 32.2. The van der Waals surface area contributed by atoms with Gasteiger partial charge in [-0.25, -0.2) is 0 Å². The van der Waals surface area contributed by atoms with Crippen molar-refractivity contribution in [1.82, 2.24) is 5.32 Å². The molecule has 1 aliphatic carbocycles. The lowest BCUT2D eigenvalue weighted by atomic mass is 9.73. The van der Waals surface area contributed by atoms with Gasteiger partial charge in [-0.05, 0) is 31.2 Å². The van der Waals surface area contributed by atoms with Gasteiger partial charge in [0, 0.05) is 22.1 Å². The summed E-state index contributed by atoms with van der Waals surface area (Å²) < 4.78 is 12.3. The van der Waals surface area contributed by atoms with Crippen LogP contribution in [0, 0.1) is 5.41 Å². The molecule has 88 valence electrons. The Labute approximate surface area is 95.7 Å². The van der Waals surface area contributed by atoms with Crippen molar-refractivity contribution in [2.45, 2.75) is 63.0 Å². The Morgan fingerprint density at radius 3 is 2.80 bits per heavy atom. The second-order valence-corrected chi connectivity index (χ2v) is 7.85. The summed E-state index contributed by atoms with van der Waals surface area (Å²) in [7, 11) is -0.628. The molecule has 3 heteroatoms. The summed E-state index contributed by atoms with van der Waals surface area (Å²) in [5.74, 6) is 0. The van der Waals surface area contributed by atoms with Crippen LogP contribution in [0.2, 0.25) is 0 Å². The zero-order valence-electron chi connectivity index (χ0n) is 10.1. The molecule has 4 unspecified atom stereocenters. The molecule has 0 aromatic rings. The van der Waals surface area contributed by atoms with Crippen LogP contribution in [0.15, 0.2) is 0 Å². The van der Waals surface area contributed by atoms with Crippen LogP contribution in [0.3, 0.4) is 0 Å². The van der Waals surface area contributed by atoms with E-state index >= 15 is 0 Å². The molecule has 2 rings (SSSR count). The van der Waals surface area contributed by atoms with Crippen molar-refractivity contribution in [3.05, 3.63) is 0 Å². The van der Waals surface area contributed by atoms with E-state index in [0.29, 0.717) is 22.0 Å². The third-order valence-corrected chi connectivity index (χ3v) is 6.27. The summed E-state index contributed by atoms with van der Waals surface area (Å²) in [5.41, 5.74) is 0.322. The zero-order valence-corrected chi connectivity index (χ0v) is 10.9. The SMILES string of the molecule is CC1CCNC2C(CCCC2(C)C)S1=O. The van der Waals surface area contributed by atoms with Gasteiger partial charge in [0.1, 0.15) is 0 Å². The summed E-state index contributed by atoms with van der Waals surface area (Å²) in [6, 6.07) is 0.469. The van der Waals surface area contributed by atoms with E-state index < -0.39 is 10.8 Å². The van der Waals surface area contributed by atoms with E-state index in [4.69, 9.17) is 0 Å². The molecule has 2 aliphatic rings. The normalized spacial score (nSPS) is 45.5. The molecule has 1 N–H and O–H groups in total. The van der Waals surface area contributed by atoms with Gasteiger partial charge < -0.3 is 5.32 Å². The molecular weight excluding hydrogens is 206 g/mol. The molecule has 2 fully saturated rings. The standard InChI is InChI=1S/C12H23NOS/c1-9-6-8-13-11-10(15(9)14)5-4-7-12(11,2)3/h9-11,13H,4-8H2,1-3H3. The topological polar surface area (TPSA) is 29.1 Å². The van der Waals surface area contributed by atoms with E-state index in [1.54, 1.807) is 0 Å². The maximum Gasteiger partial charge on any atom is 0.0509 e. The van der Waals surface area contributed by atoms with Gasteiger partial charge >= 0.3 is 0 Å². The Kier molecular flexibility index (Phi) is 3.22. The zero-order chi connectivity index (χ0) is 11.1. The van der Waals surface area contributed by atoms with Gasteiger partial charge in [0.15, 0.2) is 0 Å². The van der Waals surface area contributed by atoms with Gasteiger partial charge in [0.2, 0.25) is 0 Å². The number of hydrogen-bond acceptors (Lipinski definition) is 2. The lowest BCUT2D eigenvalue weighted by molar-refractivity contribution is 0.175. The fraction of sp³-hybridized carbons (Fsp3) is 1.00. The van der Waals surface area contributed by atoms with Crippen LogP contribution in [-0.2, 0) is 10.8 Å². The molecular formula is C12H23NOS. The van der Waals surface area contributed by atoms with E-state index in [1.165, 1.54) is 12.8 Å². The highest BCUT2D eigenvalue weighted by molar-refractivity contribution is 7.86. The molecule has 0 bridgehead atoms. The summed E-state index contributed by atoms with van der Waals surface area (Å²) >= 11 is 0. The molecule has 0 radical (unpaired) electrons. The molecule has 1 heterocycles. The van der Waals surface area contributed by atoms with Crippen LogP contribution in [0.4, 0.5) is 0 Å². The minimum absolute atomic E-state index is 0.322. The summed E-state index contributed by atoms with van der Waals surface area (Å²) in [5, 5.41) is 4.41. The van der Waals surface area contributed by atoms with Gasteiger partial charge in [0.05, 0.1) is 5.25 Å². The lowest BCUT2D eigenvalue weighted by Crippen LogP contribution is -2.53. The molecule has 1 saturated carbocycles. The highest BCUT2D eigenvalue weighted by Gasteiger charge is 2.43. The number of hydrogen-bond donors (Lipinski definition) is 1. The van der Waals surface area contributed by atoms with Gasteiger partial charge in [-0.1, -0.05) is 27.2 Å². The summed E-state index contributed by atoms with van der Waals surface area (Å²) in [6.45, 7) is 7.83. The van der Waals surface area contributed by atoms with Crippen molar-refractivity contribution in [3.8, 4) is 0 Å². The maximum atomic E-state index is 12.3. The van der Waals surface area contributed by atoms with Crippen LogP contribution >= 0.6 is 0 Å². The fourth-order valence-electron chi connectivity index (χ4n) is 3.10. The van der Waals surface area contributed by atoms with E-state index in [-0.39, 0.29) is 0 Å². The molecule has 0 aromatic heterocycles. The minimum Gasteiger partial charge on any atom is -0.312 e. The quantitative estimate of drug-likeness (QED) is 0.689. The largest absolute Gasteiger partial charge is 0.312 e. The Morgan fingerprint density at radius 2 is 2.07 bits per heavy atom. The van der Waals surface area contributed by atoms with Crippen LogP contribution in [0.25, 0.3) is 0 Å². The van der Waals surface area contributed by atoms with Crippen molar-refractivity contribution in [3.63, 3.8) is 0 Å². The first-order valence-electron chi connectivity index (χ1n) is 6.15. The second-order valence-electron chi connectivity index (χ2n) is 5.78. The van der Waals surface area contributed by atoms with Crippen molar-refractivity contribution >= 4 is 10.8 Å². The molecule has 1 aliphatic heterocycles. The number of rotatable bonds is 0. The first-order chi connectivity index (χ1) is 7.02. The number of fused-ring (bicyclic) bond motifs is 1. The fourth-order valence-corrected chi connectivity index (χ4v) is 5.18. The third kappa shape index (κ3) is 2.14. The molecule has 2 nitrogen and oxygen atoms in total. The van der Waals surface area contributed by atoms with Crippen LogP contribution in [0.5, 0.6) is 0 Å². The van der Waals surface area contributed by atoms with Crippen molar-refractivity contribution < 1.29 is 4.21 Å². The Morgan fingerprint density at radius 1 is 1.33 bits per heavy atom. The predicted octanol–water partition coefficient (Wildman–Crippen LogP) is 2.06. The van der Waals surface area contributed by atoms with Crippen molar-refractivity contribution in [2.24, 2.45) is 5.41 Å². The smallest absolute Gasteiger partial charge is 0.0509 e. The van der Waals surface area contributed by atoms with E-state index in [2.05, 4.69) is 26.1 Å². The van der Waals surface area contributed by atoms with Crippen molar-refractivity contribution in [2.75, 3.05) is 6.54 Å². The molecule has 0 aromatic carbocycles. The Bertz CT molecular complexity index is 264. The highest BCUT2D eigenvalue weighted by Crippen LogP contribution is 2.39. The van der Waals surface area contributed by atoms with Gasteiger partial charge in [-0.15, -0.1) is 0 Å². The second kappa shape index (κ2) is 4.17. The van der Waals surface area contributed by atoms with E-state index in [0.717, 1.165) is 19.4 Å². The molecule has 1 saturated heterocycles. The van der Waals surface area contributed by atoms with Crippen LogP contribution in [0.1, 0.15) is 46.5 Å². The van der Waals surface area contributed by atoms with Gasteiger partial charge in [-0.3, -0.25) is 4.21 Å². The predicted molar refractivity (Wildman–Crippen MR) is 65.4 cm³/mol. The first-order valence-corrected chi connectivity index (χ1v) is 7.43. The third-order valence-electron chi connectivity index (χ3n) is 4.13. The van der Waals surface area contributed by atoms with Gasteiger partial charge in [-0.2, -0.15) is 0 Å². The van der Waals surface area contributed by atoms with Crippen LogP contribution in [-0.4, -0.2) is 27.3 Å². The summed E-state index contributed by atoms with van der Waals surface area (Å²) in [6.07, 6.45) is 4.73. The van der Waals surface area contributed by atoms with Crippen LogP contribution < -0.4 is 5.32 Å².